The van der Waals surface area contributed by atoms with Crippen LogP contribution in [0.15, 0.2) is 29.1 Å². The fourth-order valence-corrected chi connectivity index (χ4v) is 3.39. The third kappa shape index (κ3) is 2.78. The van der Waals surface area contributed by atoms with Gasteiger partial charge in [-0.15, -0.1) is 5.10 Å². The Morgan fingerprint density at radius 1 is 1.17 bits per heavy atom. The van der Waals surface area contributed by atoms with Crippen molar-refractivity contribution in [2.45, 2.75) is 33.4 Å². The van der Waals surface area contributed by atoms with Crippen molar-refractivity contribution < 1.29 is 0 Å². The van der Waals surface area contributed by atoms with Crippen LogP contribution >= 0.6 is 12.2 Å². The van der Waals surface area contributed by atoms with Crippen molar-refractivity contribution in [3.05, 3.63) is 39.4 Å². The average Bonchev–Trinajstić information content (AvgIpc) is 2.90. The van der Waals surface area contributed by atoms with Crippen molar-refractivity contribution in [2.75, 3.05) is 13.1 Å². The van der Waals surface area contributed by atoms with Crippen LogP contribution in [0.2, 0.25) is 0 Å². The van der Waals surface area contributed by atoms with Crippen molar-refractivity contribution in [2.24, 2.45) is 7.05 Å². The molecule has 6 nitrogen and oxygen atoms in total. The molecule has 0 unspecified atom stereocenters. The molecule has 0 amide bonds. The first-order valence-electron chi connectivity index (χ1n) is 8.38. The van der Waals surface area contributed by atoms with Gasteiger partial charge in [0.05, 0.1) is 17.6 Å². The van der Waals surface area contributed by atoms with Crippen molar-refractivity contribution >= 4 is 28.9 Å². The molecule has 128 valence electrons. The van der Waals surface area contributed by atoms with Gasteiger partial charge in [0, 0.05) is 7.05 Å². The van der Waals surface area contributed by atoms with Crippen LogP contribution in [0.1, 0.15) is 26.7 Å². The van der Waals surface area contributed by atoms with Gasteiger partial charge in [0.2, 0.25) is 10.5 Å². The molecule has 1 aromatic carbocycles. The smallest absolute Gasteiger partial charge is 0.262 e. The van der Waals surface area contributed by atoms with Gasteiger partial charge in [-0.1, -0.05) is 26.0 Å². The fourth-order valence-electron chi connectivity index (χ4n) is 3.11. The molecule has 0 fully saturated rings. The lowest BCUT2D eigenvalue weighted by molar-refractivity contribution is 0.206. The monoisotopic (exact) mass is 345 g/mol. The van der Waals surface area contributed by atoms with Gasteiger partial charge in [0.15, 0.2) is 0 Å². The van der Waals surface area contributed by atoms with Crippen LogP contribution in [-0.2, 0) is 13.7 Å². The van der Waals surface area contributed by atoms with E-state index < -0.39 is 0 Å². The van der Waals surface area contributed by atoms with E-state index >= 15 is 0 Å². The largest absolute Gasteiger partial charge is 0.284 e. The molecule has 7 heteroatoms. The second-order valence-corrected chi connectivity index (χ2v) is 6.42. The highest BCUT2D eigenvalue weighted by atomic mass is 32.1. The van der Waals surface area contributed by atoms with Crippen molar-refractivity contribution in [1.82, 2.24) is 23.6 Å². The summed E-state index contributed by atoms with van der Waals surface area (Å²) in [7, 11) is 1.74. The van der Waals surface area contributed by atoms with Crippen LogP contribution in [0.3, 0.4) is 0 Å². The third-order valence-corrected chi connectivity index (χ3v) is 4.61. The molecule has 0 aliphatic rings. The minimum atomic E-state index is -0.0516. The summed E-state index contributed by atoms with van der Waals surface area (Å²) in [6.07, 6.45) is 2.17. The number of fused-ring (bicyclic) bond motifs is 3. The predicted octanol–water partition coefficient (Wildman–Crippen LogP) is 2.80. The summed E-state index contributed by atoms with van der Waals surface area (Å²) in [5, 5.41) is 5.28. The Labute approximate surface area is 145 Å². The van der Waals surface area contributed by atoms with Crippen molar-refractivity contribution in [3.63, 3.8) is 0 Å². The first kappa shape index (κ1) is 16.9. The summed E-state index contributed by atoms with van der Waals surface area (Å²) in [5.74, 6) is 0.580. The minimum Gasteiger partial charge on any atom is -0.284 e. The van der Waals surface area contributed by atoms with E-state index in [2.05, 4.69) is 23.8 Å². The van der Waals surface area contributed by atoms with Crippen LogP contribution in [0, 0.1) is 4.77 Å². The standard InChI is InChI=1S/C17H23N5OS/c1-4-10-20(11-5-2)12-21-17(24)22-14-9-7-6-8-13(14)15(23)19(3)16(22)18-21/h6-9H,4-5,10-12H2,1-3H3. The summed E-state index contributed by atoms with van der Waals surface area (Å²) in [6.45, 7) is 6.99. The Hall–Kier alpha value is -1.99. The van der Waals surface area contributed by atoms with Gasteiger partial charge in [0.1, 0.15) is 0 Å². The van der Waals surface area contributed by atoms with Crippen LogP contribution in [0.5, 0.6) is 0 Å². The lowest BCUT2D eigenvalue weighted by Crippen LogP contribution is -2.28. The van der Waals surface area contributed by atoms with Gasteiger partial charge in [-0.05, 0) is 50.3 Å². The molecule has 0 atom stereocenters. The minimum absolute atomic E-state index is 0.0516. The van der Waals surface area contributed by atoms with Crippen LogP contribution in [-0.4, -0.2) is 36.7 Å². The molecule has 0 N–H and O–H groups in total. The van der Waals surface area contributed by atoms with E-state index in [-0.39, 0.29) is 5.56 Å². The number of aryl methyl sites for hydroxylation is 1. The number of aromatic nitrogens is 4. The highest BCUT2D eigenvalue weighted by Crippen LogP contribution is 2.13. The maximum absolute atomic E-state index is 12.5. The van der Waals surface area contributed by atoms with E-state index in [9.17, 15) is 4.79 Å². The Morgan fingerprint density at radius 3 is 2.50 bits per heavy atom. The first-order valence-corrected chi connectivity index (χ1v) is 8.79. The lowest BCUT2D eigenvalue weighted by Gasteiger charge is -2.20. The second-order valence-electron chi connectivity index (χ2n) is 6.06. The van der Waals surface area contributed by atoms with Gasteiger partial charge in [-0.2, -0.15) is 0 Å². The second kappa shape index (κ2) is 6.86. The van der Waals surface area contributed by atoms with Gasteiger partial charge in [-0.25, -0.2) is 4.68 Å². The fraction of sp³-hybridized carbons (Fsp3) is 0.471. The highest BCUT2D eigenvalue weighted by Gasteiger charge is 2.14. The molecule has 3 aromatic rings. The topological polar surface area (TPSA) is 47.5 Å². The zero-order chi connectivity index (χ0) is 17.3. The summed E-state index contributed by atoms with van der Waals surface area (Å²) in [6, 6.07) is 7.53. The molecular weight excluding hydrogens is 322 g/mol. The van der Waals surface area contributed by atoms with E-state index in [0.717, 1.165) is 31.4 Å². The molecule has 2 heterocycles. The van der Waals surface area contributed by atoms with E-state index in [1.165, 1.54) is 0 Å². The Kier molecular flexibility index (Phi) is 4.82. The van der Waals surface area contributed by atoms with Crippen LogP contribution in [0.25, 0.3) is 16.7 Å². The van der Waals surface area contributed by atoms with E-state index in [4.69, 9.17) is 12.2 Å². The van der Waals surface area contributed by atoms with Crippen LogP contribution < -0.4 is 5.56 Å². The molecule has 0 spiro atoms. The normalized spacial score (nSPS) is 11.8. The van der Waals surface area contributed by atoms with E-state index in [0.29, 0.717) is 22.6 Å². The SMILES string of the molecule is CCCN(CCC)Cn1nc2n(C)c(=O)c3ccccc3n2c1=S. The Balaban J connectivity index is 2.21. The summed E-state index contributed by atoms with van der Waals surface area (Å²) in [5.41, 5.74) is 0.758. The molecule has 2 aromatic heterocycles. The molecule has 0 aliphatic carbocycles. The molecule has 0 saturated heterocycles. The number of rotatable bonds is 6. The number of benzene rings is 1. The van der Waals surface area contributed by atoms with Gasteiger partial charge < -0.3 is 0 Å². The Bertz CT molecular complexity index is 978. The van der Waals surface area contributed by atoms with E-state index in [1.54, 1.807) is 11.6 Å². The molecule has 24 heavy (non-hydrogen) atoms. The zero-order valence-electron chi connectivity index (χ0n) is 14.4. The summed E-state index contributed by atoms with van der Waals surface area (Å²) < 4.78 is 5.90. The molecule has 3 rings (SSSR count). The van der Waals surface area contributed by atoms with Crippen molar-refractivity contribution in [3.8, 4) is 0 Å². The number of nitrogens with zero attached hydrogens (tertiary/aromatic N) is 5. The Morgan fingerprint density at radius 2 is 1.83 bits per heavy atom. The molecule has 0 radical (unpaired) electrons. The number of para-hydroxylation sites is 1. The van der Waals surface area contributed by atoms with Crippen LogP contribution in [0.4, 0.5) is 0 Å². The van der Waals surface area contributed by atoms with Gasteiger partial charge in [0.25, 0.3) is 5.56 Å². The quantitative estimate of drug-likeness (QED) is 0.645. The zero-order valence-corrected chi connectivity index (χ0v) is 15.2. The van der Waals surface area contributed by atoms with Gasteiger partial charge in [-0.3, -0.25) is 18.7 Å². The van der Waals surface area contributed by atoms with E-state index in [1.807, 2.05) is 33.3 Å². The maximum Gasteiger partial charge on any atom is 0.262 e. The molecular formula is C17H23N5OS. The highest BCUT2D eigenvalue weighted by molar-refractivity contribution is 7.71. The maximum atomic E-state index is 12.5. The average molecular weight is 345 g/mol. The summed E-state index contributed by atoms with van der Waals surface area (Å²) in [4.78, 5) is 14.9. The van der Waals surface area contributed by atoms with Crippen molar-refractivity contribution in [1.29, 1.82) is 0 Å². The third-order valence-electron chi connectivity index (χ3n) is 4.22. The first-order chi connectivity index (χ1) is 11.6. The number of hydrogen-bond donors (Lipinski definition) is 0. The van der Waals surface area contributed by atoms with Gasteiger partial charge >= 0.3 is 0 Å². The summed E-state index contributed by atoms with van der Waals surface area (Å²) >= 11 is 5.67. The molecule has 0 bridgehead atoms. The molecule has 0 saturated carbocycles. The lowest BCUT2D eigenvalue weighted by atomic mass is 10.2. The molecule has 0 aliphatic heterocycles. The number of hydrogen-bond acceptors (Lipinski definition) is 4. The predicted molar refractivity (Wildman–Crippen MR) is 98.9 cm³/mol.